The highest BCUT2D eigenvalue weighted by Crippen LogP contribution is 2.28. The molecule has 0 radical (unpaired) electrons. The van der Waals surface area contributed by atoms with Crippen molar-refractivity contribution in [1.82, 2.24) is 20.4 Å². The summed E-state index contributed by atoms with van der Waals surface area (Å²) in [6, 6.07) is 12.3. The van der Waals surface area contributed by atoms with Gasteiger partial charge in [-0.25, -0.2) is 0 Å². The van der Waals surface area contributed by atoms with Gasteiger partial charge >= 0.3 is 6.36 Å². The predicted octanol–water partition coefficient (Wildman–Crippen LogP) is 3.56. The molecular weight excluding hydrogens is 465 g/mol. The zero-order valence-corrected chi connectivity index (χ0v) is 18.8. The number of alkyl halides is 3. The number of halogens is 3. The number of ether oxygens (including phenoxy) is 2. The molecule has 4 rings (SSSR count). The van der Waals surface area contributed by atoms with Gasteiger partial charge in [-0.15, -0.1) is 23.4 Å². The smallest absolute Gasteiger partial charge is 0.406 e. The van der Waals surface area contributed by atoms with Gasteiger partial charge in [0, 0.05) is 26.4 Å². The normalized spacial score (nSPS) is 16.7. The first-order chi connectivity index (χ1) is 16.8. The fourth-order valence-corrected chi connectivity index (χ4v) is 3.97. The summed E-state index contributed by atoms with van der Waals surface area (Å²) in [6.07, 6.45) is -2.54. The lowest BCUT2D eigenvalue weighted by atomic mass is 10.0. The highest BCUT2D eigenvalue weighted by molar-refractivity contribution is 5.94. The van der Waals surface area contributed by atoms with Gasteiger partial charge in [0.2, 0.25) is 0 Å². The van der Waals surface area contributed by atoms with Crippen molar-refractivity contribution in [3.05, 3.63) is 66.0 Å². The molecule has 3 heterocycles. The SMILES string of the molecule is CO[C@H](C(=O)Nc1ccc(N2CC[C@@H](Cc3cccnn3)C2)nn1)c1cccc(OC(F)(F)F)c1. The number of carbonyl (C=O) groups excluding carboxylic acids is 1. The van der Waals surface area contributed by atoms with Crippen LogP contribution in [0, 0.1) is 5.92 Å². The average Bonchev–Trinajstić information content (AvgIpc) is 3.28. The molecular formula is C23H23F3N6O3. The number of methoxy groups -OCH3 is 1. The van der Waals surface area contributed by atoms with E-state index >= 15 is 0 Å². The first kappa shape index (κ1) is 24.3. The van der Waals surface area contributed by atoms with Crippen LogP contribution in [0.3, 0.4) is 0 Å². The molecule has 1 saturated heterocycles. The molecule has 0 saturated carbocycles. The van der Waals surface area contributed by atoms with Gasteiger partial charge in [-0.1, -0.05) is 12.1 Å². The van der Waals surface area contributed by atoms with E-state index in [1.807, 2.05) is 12.1 Å². The molecule has 0 spiro atoms. The number of aromatic nitrogens is 4. The summed E-state index contributed by atoms with van der Waals surface area (Å²) in [5.41, 5.74) is 1.15. The number of nitrogens with one attached hydrogen (secondary N) is 1. The minimum atomic E-state index is -4.84. The lowest BCUT2D eigenvalue weighted by Crippen LogP contribution is -2.24. The van der Waals surface area contributed by atoms with Crippen molar-refractivity contribution < 1.29 is 27.4 Å². The fraction of sp³-hybridized carbons (Fsp3) is 0.348. The molecule has 1 N–H and O–H groups in total. The number of rotatable bonds is 8. The molecule has 3 aromatic rings. The van der Waals surface area contributed by atoms with Gasteiger partial charge < -0.3 is 19.7 Å². The first-order valence-corrected chi connectivity index (χ1v) is 10.9. The third-order valence-electron chi connectivity index (χ3n) is 5.51. The second kappa shape index (κ2) is 10.6. The van der Waals surface area contributed by atoms with Crippen LogP contribution >= 0.6 is 0 Å². The first-order valence-electron chi connectivity index (χ1n) is 10.9. The average molecular weight is 488 g/mol. The summed E-state index contributed by atoms with van der Waals surface area (Å²) in [7, 11) is 1.28. The standard InChI is InChI=1S/C23H23F3N6O3/c1-34-21(16-4-2-6-18(13-16)35-23(24,25)26)22(33)28-19-7-8-20(31-30-19)32-11-9-15(14-32)12-17-5-3-10-27-29-17/h2-8,10,13,15,21H,9,11-12,14H2,1H3,(H,28,30,33)/t15-,21-/m0/s1. The van der Waals surface area contributed by atoms with Crippen LogP contribution in [0.5, 0.6) is 5.75 Å². The zero-order chi connectivity index (χ0) is 24.8. The van der Waals surface area contributed by atoms with Gasteiger partial charge in [0.15, 0.2) is 17.7 Å². The van der Waals surface area contributed by atoms with E-state index in [0.29, 0.717) is 11.7 Å². The van der Waals surface area contributed by atoms with E-state index in [4.69, 9.17) is 4.74 Å². The third-order valence-corrected chi connectivity index (χ3v) is 5.51. The minimum Gasteiger partial charge on any atom is -0.406 e. The second-order valence-corrected chi connectivity index (χ2v) is 8.02. The second-order valence-electron chi connectivity index (χ2n) is 8.02. The summed E-state index contributed by atoms with van der Waals surface area (Å²) in [4.78, 5) is 14.8. The number of hydrogen-bond donors (Lipinski definition) is 1. The Morgan fingerprint density at radius 2 is 2.03 bits per heavy atom. The summed E-state index contributed by atoms with van der Waals surface area (Å²) in [5.74, 6) is 0.248. The highest BCUT2D eigenvalue weighted by atomic mass is 19.4. The van der Waals surface area contributed by atoms with E-state index in [9.17, 15) is 18.0 Å². The van der Waals surface area contributed by atoms with E-state index in [0.717, 1.165) is 43.8 Å². The fourth-order valence-electron chi connectivity index (χ4n) is 3.97. The third kappa shape index (κ3) is 6.63. The molecule has 1 fully saturated rings. The highest BCUT2D eigenvalue weighted by Gasteiger charge is 2.32. The Morgan fingerprint density at radius 1 is 1.17 bits per heavy atom. The number of hydrogen-bond acceptors (Lipinski definition) is 8. The largest absolute Gasteiger partial charge is 0.573 e. The van der Waals surface area contributed by atoms with Crippen molar-refractivity contribution >= 4 is 17.5 Å². The van der Waals surface area contributed by atoms with Gasteiger partial charge in [-0.05, 0) is 60.7 Å². The maximum atomic E-state index is 12.7. The Morgan fingerprint density at radius 3 is 2.71 bits per heavy atom. The van der Waals surface area contributed by atoms with E-state index in [-0.39, 0.29) is 11.4 Å². The molecule has 12 heteroatoms. The Kier molecular flexibility index (Phi) is 7.39. The monoisotopic (exact) mass is 488 g/mol. The van der Waals surface area contributed by atoms with Crippen LogP contribution in [0.25, 0.3) is 0 Å². The quantitative estimate of drug-likeness (QED) is 0.514. The molecule has 1 amide bonds. The number of carbonyl (C=O) groups is 1. The Balaban J connectivity index is 1.36. The summed E-state index contributed by atoms with van der Waals surface area (Å²) < 4.78 is 46.7. The van der Waals surface area contributed by atoms with Gasteiger partial charge in [-0.3, -0.25) is 4.79 Å². The molecule has 2 aromatic heterocycles. The number of benzene rings is 1. The molecule has 2 atom stereocenters. The van der Waals surface area contributed by atoms with E-state index in [1.165, 1.54) is 19.2 Å². The molecule has 0 bridgehead atoms. The van der Waals surface area contributed by atoms with Gasteiger partial charge in [0.25, 0.3) is 5.91 Å². The summed E-state index contributed by atoms with van der Waals surface area (Å²) in [5, 5.41) is 18.9. The lowest BCUT2D eigenvalue weighted by Gasteiger charge is -2.18. The zero-order valence-electron chi connectivity index (χ0n) is 18.8. The van der Waals surface area contributed by atoms with Crippen molar-refractivity contribution in [1.29, 1.82) is 0 Å². The summed E-state index contributed by atoms with van der Waals surface area (Å²) in [6.45, 7) is 1.63. The molecule has 1 aliphatic rings. The number of anilines is 2. The van der Waals surface area contributed by atoms with Crippen LogP contribution in [0.1, 0.15) is 23.8 Å². The maximum Gasteiger partial charge on any atom is 0.573 e. The van der Waals surface area contributed by atoms with Crippen molar-refractivity contribution in [3.8, 4) is 5.75 Å². The Labute approximate surface area is 199 Å². The topological polar surface area (TPSA) is 102 Å². The molecule has 0 unspecified atom stereocenters. The Bertz CT molecular complexity index is 1130. The van der Waals surface area contributed by atoms with Gasteiger partial charge in [0.05, 0.1) is 5.69 Å². The predicted molar refractivity (Wildman–Crippen MR) is 120 cm³/mol. The van der Waals surface area contributed by atoms with Crippen LogP contribution in [-0.2, 0) is 16.0 Å². The lowest BCUT2D eigenvalue weighted by molar-refractivity contribution is -0.274. The van der Waals surface area contributed by atoms with Crippen molar-refractivity contribution in [2.75, 3.05) is 30.4 Å². The number of amides is 1. The minimum absolute atomic E-state index is 0.193. The van der Waals surface area contributed by atoms with Gasteiger partial charge in [-0.2, -0.15) is 10.2 Å². The van der Waals surface area contributed by atoms with Gasteiger partial charge in [0.1, 0.15) is 5.75 Å². The van der Waals surface area contributed by atoms with E-state index in [2.05, 4.69) is 35.3 Å². The van der Waals surface area contributed by atoms with Crippen molar-refractivity contribution in [2.24, 2.45) is 5.92 Å². The summed E-state index contributed by atoms with van der Waals surface area (Å²) >= 11 is 0. The van der Waals surface area contributed by atoms with E-state index in [1.54, 1.807) is 18.3 Å². The number of nitrogens with zero attached hydrogens (tertiary/aromatic N) is 5. The molecule has 1 aliphatic heterocycles. The maximum absolute atomic E-state index is 12.7. The Hall–Kier alpha value is -3.80. The molecule has 0 aliphatic carbocycles. The molecule has 35 heavy (non-hydrogen) atoms. The van der Waals surface area contributed by atoms with Crippen molar-refractivity contribution in [2.45, 2.75) is 25.3 Å². The molecule has 184 valence electrons. The van der Waals surface area contributed by atoms with Crippen LogP contribution < -0.4 is 15.0 Å². The van der Waals surface area contributed by atoms with E-state index < -0.39 is 24.1 Å². The van der Waals surface area contributed by atoms with Crippen LogP contribution in [0.4, 0.5) is 24.8 Å². The molecule has 1 aromatic carbocycles. The van der Waals surface area contributed by atoms with Crippen LogP contribution in [0.2, 0.25) is 0 Å². The molecule has 9 nitrogen and oxygen atoms in total. The van der Waals surface area contributed by atoms with Crippen molar-refractivity contribution in [3.63, 3.8) is 0 Å². The van der Waals surface area contributed by atoms with Crippen LogP contribution in [0.15, 0.2) is 54.7 Å². The van der Waals surface area contributed by atoms with Crippen LogP contribution in [-0.4, -0.2) is 52.9 Å².